The van der Waals surface area contributed by atoms with E-state index in [-0.39, 0.29) is 5.56 Å². The van der Waals surface area contributed by atoms with Crippen LogP contribution in [0.2, 0.25) is 5.02 Å². The van der Waals surface area contributed by atoms with Gasteiger partial charge >= 0.3 is 0 Å². The Balaban J connectivity index is 2.34. The van der Waals surface area contributed by atoms with E-state index >= 15 is 0 Å². The van der Waals surface area contributed by atoms with Gasteiger partial charge in [0, 0.05) is 10.4 Å². The SMILES string of the molecule is Cc1sc2nc(-c3ccccc3Cl)[nH]c(=O)c2c1C. The highest BCUT2D eigenvalue weighted by molar-refractivity contribution is 7.18. The first kappa shape index (κ1) is 12.4. The molecule has 0 saturated carbocycles. The summed E-state index contributed by atoms with van der Waals surface area (Å²) in [6, 6.07) is 7.35. The molecule has 0 spiro atoms. The average molecular weight is 291 g/mol. The van der Waals surface area contributed by atoms with Gasteiger partial charge in [0.15, 0.2) is 0 Å². The lowest BCUT2D eigenvalue weighted by Gasteiger charge is -2.03. The smallest absolute Gasteiger partial charge is 0.260 e. The molecule has 0 aliphatic heterocycles. The fourth-order valence-corrected chi connectivity index (χ4v) is 3.29. The lowest BCUT2D eigenvalue weighted by Crippen LogP contribution is -2.09. The number of benzene rings is 1. The molecule has 0 bridgehead atoms. The quantitative estimate of drug-likeness (QED) is 0.738. The molecule has 5 heteroatoms. The third-order valence-electron chi connectivity index (χ3n) is 3.17. The molecule has 19 heavy (non-hydrogen) atoms. The Labute approximate surface area is 118 Å². The summed E-state index contributed by atoms with van der Waals surface area (Å²) >= 11 is 7.67. The summed E-state index contributed by atoms with van der Waals surface area (Å²) in [6.45, 7) is 3.94. The van der Waals surface area contributed by atoms with Gasteiger partial charge in [0.1, 0.15) is 10.7 Å². The van der Waals surface area contributed by atoms with E-state index in [1.807, 2.05) is 32.0 Å². The Bertz CT molecular complexity index is 835. The summed E-state index contributed by atoms with van der Waals surface area (Å²) in [5.74, 6) is 0.518. The largest absolute Gasteiger partial charge is 0.306 e. The second-order valence-corrected chi connectivity index (χ2v) is 5.97. The lowest BCUT2D eigenvalue weighted by molar-refractivity contribution is 1.18. The van der Waals surface area contributed by atoms with Crippen LogP contribution in [-0.2, 0) is 0 Å². The highest BCUT2D eigenvalue weighted by Crippen LogP contribution is 2.29. The Kier molecular flexibility index (Phi) is 2.92. The van der Waals surface area contributed by atoms with Crippen molar-refractivity contribution in [3.8, 4) is 11.4 Å². The van der Waals surface area contributed by atoms with Crippen molar-refractivity contribution in [3.63, 3.8) is 0 Å². The Morgan fingerprint density at radius 1 is 1.26 bits per heavy atom. The van der Waals surface area contributed by atoms with Crippen molar-refractivity contribution >= 4 is 33.2 Å². The normalized spacial score (nSPS) is 11.1. The van der Waals surface area contributed by atoms with Crippen molar-refractivity contribution in [2.24, 2.45) is 0 Å². The third kappa shape index (κ3) is 1.97. The molecule has 0 saturated heterocycles. The highest BCUT2D eigenvalue weighted by atomic mass is 35.5. The van der Waals surface area contributed by atoms with E-state index in [4.69, 9.17) is 11.6 Å². The van der Waals surface area contributed by atoms with Gasteiger partial charge in [-0.2, -0.15) is 0 Å². The number of aromatic amines is 1. The van der Waals surface area contributed by atoms with E-state index in [0.29, 0.717) is 16.2 Å². The molecule has 0 atom stereocenters. The van der Waals surface area contributed by atoms with Crippen molar-refractivity contribution in [1.29, 1.82) is 0 Å². The number of nitrogens with zero attached hydrogens (tertiary/aromatic N) is 1. The first-order valence-electron chi connectivity index (χ1n) is 5.83. The van der Waals surface area contributed by atoms with Crippen LogP contribution in [0, 0.1) is 13.8 Å². The summed E-state index contributed by atoms with van der Waals surface area (Å²) in [5.41, 5.74) is 1.63. The molecule has 3 aromatic rings. The van der Waals surface area contributed by atoms with Crippen LogP contribution < -0.4 is 5.56 Å². The first-order chi connectivity index (χ1) is 9.08. The molecule has 0 aliphatic carbocycles. The maximum absolute atomic E-state index is 12.2. The molecule has 0 fully saturated rings. The second kappa shape index (κ2) is 4.47. The van der Waals surface area contributed by atoms with Crippen LogP contribution >= 0.6 is 22.9 Å². The van der Waals surface area contributed by atoms with Crippen LogP contribution in [0.15, 0.2) is 29.1 Å². The number of H-pyrrole nitrogens is 1. The number of aryl methyl sites for hydroxylation is 2. The van der Waals surface area contributed by atoms with Gasteiger partial charge in [-0.05, 0) is 31.5 Å². The molecule has 2 heterocycles. The van der Waals surface area contributed by atoms with Crippen molar-refractivity contribution in [1.82, 2.24) is 9.97 Å². The number of hydrogen-bond donors (Lipinski definition) is 1. The zero-order valence-electron chi connectivity index (χ0n) is 10.5. The van der Waals surface area contributed by atoms with E-state index < -0.39 is 0 Å². The van der Waals surface area contributed by atoms with Crippen molar-refractivity contribution in [2.75, 3.05) is 0 Å². The molecule has 0 amide bonds. The summed E-state index contributed by atoms with van der Waals surface area (Å²) < 4.78 is 0. The van der Waals surface area contributed by atoms with Crippen molar-refractivity contribution in [2.45, 2.75) is 13.8 Å². The van der Waals surface area contributed by atoms with Gasteiger partial charge in [-0.1, -0.05) is 23.7 Å². The van der Waals surface area contributed by atoms with Crippen LogP contribution in [0.4, 0.5) is 0 Å². The molecule has 2 aromatic heterocycles. The van der Waals surface area contributed by atoms with E-state index in [2.05, 4.69) is 9.97 Å². The predicted octanol–water partition coefficient (Wildman–Crippen LogP) is 3.92. The molecule has 3 nitrogen and oxygen atoms in total. The molecule has 0 aliphatic rings. The number of fused-ring (bicyclic) bond motifs is 1. The summed E-state index contributed by atoms with van der Waals surface area (Å²) in [7, 11) is 0. The molecule has 1 N–H and O–H groups in total. The second-order valence-electron chi connectivity index (χ2n) is 4.36. The maximum atomic E-state index is 12.2. The van der Waals surface area contributed by atoms with E-state index in [1.165, 1.54) is 11.3 Å². The predicted molar refractivity (Wildman–Crippen MR) is 80.2 cm³/mol. The zero-order chi connectivity index (χ0) is 13.6. The van der Waals surface area contributed by atoms with Gasteiger partial charge in [0.2, 0.25) is 0 Å². The van der Waals surface area contributed by atoms with Crippen molar-refractivity contribution in [3.05, 3.63) is 50.1 Å². The Hall–Kier alpha value is -1.65. The number of nitrogens with one attached hydrogen (secondary N) is 1. The molecule has 1 aromatic carbocycles. The lowest BCUT2D eigenvalue weighted by atomic mass is 10.2. The number of thiophene rings is 1. The summed E-state index contributed by atoms with van der Waals surface area (Å²) in [5, 5.41) is 1.26. The van der Waals surface area contributed by atoms with Gasteiger partial charge in [0.25, 0.3) is 5.56 Å². The third-order valence-corrected chi connectivity index (χ3v) is 4.60. The monoisotopic (exact) mass is 290 g/mol. The maximum Gasteiger partial charge on any atom is 0.260 e. The first-order valence-corrected chi connectivity index (χ1v) is 7.02. The number of aromatic nitrogens is 2. The van der Waals surface area contributed by atoms with Gasteiger partial charge in [-0.15, -0.1) is 11.3 Å². The zero-order valence-corrected chi connectivity index (χ0v) is 12.0. The summed E-state index contributed by atoms with van der Waals surface area (Å²) in [6.07, 6.45) is 0. The molecule has 0 radical (unpaired) electrons. The fourth-order valence-electron chi connectivity index (χ4n) is 2.04. The van der Waals surface area contributed by atoms with E-state index in [0.717, 1.165) is 20.8 Å². The van der Waals surface area contributed by atoms with Crippen LogP contribution in [-0.4, -0.2) is 9.97 Å². The molecule has 3 rings (SSSR count). The van der Waals surface area contributed by atoms with E-state index in [1.54, 1.807) is 6.07 Å². The van der Waals surface area contributed by atoms with Gasteiger partial charge < -0.3 is 4.98 Å². The van der Waals surface area contributed by atoms with Gasteiger partial charge in [-0.3, -0.25) is 4.79 Å². The molecule has 0 unspecified atom stereocenters. The van der Waals surface area contributed by atoms with Crippen LogP contribution in [0.25, 0.3) is 21.6 Å². The highest BCUT2D eigenvalue weighted by Gasteiger charge is 2.13. The Morgan fingerprint density at radius 2 is 2.00 bits per heavy atom. The molecule has 96 valence electrons. The van der Waals surface area contributed by atoms with Gasteiger partial charge in [0.05, 0.1) is 10.4 Å². The van der Waals surface area contributed by atoms with Crippen LogP contribution in [0.5, 0.6) is 0 Å². The number of halogens is 1. The number of rotatable bonds is 1. The average Bonchev–Trinajstić information content (AvgIpc) is 2.66. The standard InChI is InChI=1S/C14H11ClN2OS/c1-7-8(2)19-14-11(7)13(18)16-12(17-14)9-5-3-4-6-10(9)15/h3-6H,1-2H3,(H,16,17,18). The minimum absolute atomic E-state index is 0.109. The van der Waals surface area contributed by atoms with Crippen LogP contribution in [0.3, 0.4) is 0 Å². The summed E-state index contributed by atoms with van der Waals surface area (Å²) in [4.78, 5) is 21.4. The Morgan fingerprint density at radius 3 is 2.74 bits per heavy atom. The van der Waals surface area contributed by atoms with E-state index in [9.17, 15) is 4.79 Å². The van der Waals surface area contributed by atoms with Crippen molar-refractivity contribution < 1.29 is 0 Å². The topological polar surface area (TPSA) is 45.8 Å². The minimum Gasteiger partial charge on any atom is -0.306 e. The van der Waals surface area contributed by atoms with Gasteiger partial charge in [-0.25, -0.2) is 4.98 Å². The molecular formula is C14H11ClN2OS. The number of hydrogen-bond acceptors (Lipinski definition) is 3. The molecular weight excluding hydrogens is 280 g/mol. The minimum atomic E-state index is -0.109. The fraction of sp³-hybridized carbons (Fsp3) is 0.143. The van der Waals surface area contributed by atoms with Crippen LogP contribution in [0.1, 0.15) is 10.4 Å².